The number of amides is 1. The summed E-state index contributed by atoms with van der Waals surface area (Å²) < 4.78 is 18.2. The van der Waals surface area contributed by atoms with Gasteiger partial charge in [0.2, 0.25) is 0 Å². The number of pyridine rings is 1. The Morgan fingerprint density at radius 2 is 1.76 bits per heavy atom. The van der Waals surface area contributed by atoms with E-state index in [-0.39, 0.29) is 11.9 Å². The number of benzene rings is 2. The van der Waals surface area contributed by atoms with Gasteiger partial charge < -0.3 is 10.1 Å². The van der Waals surface area contributed by atoms with Crippen molar-refractivity contribution in [2.45, 2.75) is 26.0 Å². The van der Waals surface area contributed by atoms with E-state index in [4.69, 9.17) is 4.74 Å². The monoisotopic (exact) mass is 392 g/mol. The van der Waals surface area contributed by atoms with E-state index >= 15 is 0 Å². The lowest BCUT2D eigenvalue weighted by Gasteiger charge is -2.17. The molecular weight excluding hydrogens is 371 g/mol. The van der Waals surface area contributed by atoms with Crippen molar-refractivity contribution >= 4 is 28.9 Å². The number of fused-ring (bicyclic) bond motifs is 1. The zero-order chi connectivity index (χ0) is 20.8. The van der Waals surface area contributed by atoms with Gasteiger partial charge in [0, 0.05) is 11.5 Å². The molecule has 0 aliphatic carbocycles. The number of hydrogen-bond donors (Lipinski definition) is 1. The van der Waals surface area contributed by atoms with Gasteiger partial charge in [-0.1, -0.05) is 36.4 Å². The molecule has 1 heterocycles. The lowest BCUT2D eigenvalue weighted by molar-refractivity contribution is -0.150. The molecule has 2 atom stereocenters. The maximum atomic E-state index is 13.0. The van der Waals surface area contributed by atoms with Crippen LogP contribution in [-0.4, -0.2) is 23.0 Å². The Hall–Kier alpha value is -3.54. The Labute approximate surface area is 168 Å². The number of carbonyl (C=O) groups is 2. The number of ether oxygens (including phenoxy) is 1. The quantitative estimate of drug-likeness (QED) is 0.504. The Kier molecular flexibility index (Phi) is 6.34. The van der Waals surface area contributed by atoms with Gasteiger partial charge in [-0.3, -0.25) is 4.79 Å². The van der Waals surface area contributed by atoms with E-state index in [1.165, 1.54) is 25.1 Å². The predicted molar refractivity (Wildman–Crippen MR) is 109 cm³/mol. The molecule has 0 aliphatic rings. The zero-order valence-corrected chi connectivity index (χ0v) is 16.1. The highest BCUT2D eigenvalue weighted by molar-refractivity contribution is 5.90. The van der Waals surface area contributed by atoms with E-state index < -0.39 is 18.0 Å². The topological polar surface area (TPSA) is 68.3 Å². The highest BCUT2D eigenvalue weighted by Crippen LogP contribution is 2.14. The van der Waals surface area contributed by atoms with E-state index in [9.17, 15) is 14.0 Å². The van der Waals surface area contributed by atoms with Crippen LogP contribution in [0.15, 0.2) is 66.7 Å². The van der Waals surface area contributed by atoms with Gasteiger partial charge in [0.1, 0.15) is 5.82 Å². The fourth-order valence-electron chi connectivity index (χ4n) is 2.76. The third-order valence-corrected chi connectivity index (χ3v) is 4.40. The summed E-state index contributed by atoms with van der Waals surface area (Å²) in [7, 11) is 0. The lowest BCUT2D eigenvalue weighted by atomic mass is 10.1. The number of nitrogens with one attached hydrogen (secondary N) is 1. The molecule has 148 valence electrons. The molecule has 1 amide bonds. The molecule has 2 unspecified atom stereocenters. The first kappa shape index (κ1) is 20.2. The number of rotatable bonds is 6. The van der Waals surface area contributed by atoms with E-state index in [2.05, 4.69) is 10.3 Å². The van der Waals surface area contributed by atoms with Crippen molar-refractivity contribution < 1.29 is 18.7 Å². The average Bonchev–Trinajstić information content (AvgIpc) is 2.72. The summed E-state index contributed by atoms with van der Waals surface area (Å²) in [6.07, 6.45) is 1.81. The van der Waals surface area contributed by atoms with Crippen molar-refractivity contribution in [2.24, 2.45) is 0 Å². The Morgan fingerprint density at radius 1 is 1.03 bits per heavy atom. The van der Waals surface area contributed by atoms with Gasteiger partial charge in [0.15, 0.2) is 6.10 Å². The molecule has 0 saturated heterocycles. The molecule has 0 bridgehead atoms. The number of aromatic nitrogens is 1. The van der Waals surface area contributed by atoms with Crippen LogP contribution in [0.1, 0.15) is 31.1 Å². The van der Waals surface area contributed by atoms with Crippen LogP contribution in [0.3, 0.4) is 0 Å². The maximum Gasteiger partial charge on any atom is 0.331 e. The van der Waals surface area contributed by atoms with Crippen LogP contribution in [0.2, 0.25) is 0 Å². The van der Waals surface area contributed by atoms with Gasteiger partial charge in [0.25, 0.3) is 5.91 Å². The number of carbonyl (C=O) groups excluding carboxylic acids is 2. The Balaban J connectivity index is 1.55. The number of halogens is 1. The van der Waals surface area contributed by atoms with Crippen LogP contribution in [0.5, 0.6) is 0 Å². The summed E-state index contributed by atoms with van der Waals surface area (Å²) >= 11 is 0. The highest BCUT2D eigenvalue weighted by atomic mass is 19.1. The van der Waals surface area contributed by atoms with Crippen molar-refractivity contribution in [3.05, 3.63) is 83.8 Å². The molecule has 0 spiro atoms. The predicted octanol–water partition coefficient (Wildman–Crippen LogP) is 4.20. The molecule has 3 aromatic rings. The average molecular weight is 392 g/mol. The standard InChI is InChI=1S/C23H21FN2O3/c1-15(17-7-10-19(24)11-8-17)25-23(28)16(2)29-22(27)14-13-20-12-9-18-5-3-4-6-21(18)26-20/h3-16H,1-2H3,(H,25,28)/b14-13+. The molecule has 1 N–H and O–H groups in total. The van der Waals surface area contributed by atoms with Crippen molar-refractivity contribution in [1.82, 2.24) is 10.3 Å². The molecule has 5 nitrogen and oxygen atoms in total. The lowest BCUT2D eigenvalue weighted by Crippen LogP contribution is -2.37. The smallest absolute Gasteiger partial charge is 0.331 e. The molecule has 0 radical (unpaired) electrons. The van der Waals surface area contributed by atoms with E-state index in [1.54, 1.807) is 31.2 Å². The van der Waals surface area contributed by atoms with Gasteiger partial charge >= 0.3 is 5.97 Å². The zero-order valence-electron chi connectivity index (χ0n) is 16.1. The number of hydrogen-bond acceptors (Lipinski definition) is 4. The number of nitrogens with zero attached hydrogens (tertiary/aromatic N) is 1. The molecule has 3 rings (SSSR count). The second kappa shape index (κ2) is 9.10. The van der Waals surface area contributed by atoms with Gasteiger partial charge in [0.05, 0.1) is 17.3 Å². The maximum absolute atomic E-state index is 13.0. The van der Waals surface area contributed by atoms with Crippen molar-refractivity contribution in [3.8, 4) is 0 Å². The number of esters is 1. The van der Waals surface area contributed by atoms with E-state index in [0.717, 1.165) is 16.5 Å². The summed E-state index contributed by atoms with van der Waals surface area (Å²) in [6.45, 7) is 3.26. The molecule has 29 heavy (non-hydrogen) atoms. The van der Waals surface area contributed by atoms with Crippen molar-refractivity contribution in [2.75, 3.05) is 0 Å². The van der Waals surface area contributed by atoms with Gasteiger partial charge in [-0.15, -0.1) is 0 Å². The van der Waals surface area contributed by atoms with Gasteiger partial charge in [-0.2, -0.15) is 0 Å². The minimum Gasteiger partial charge on any atom is -0.449 e. The summed E-state index contributed by atoms with van der Waals surface area (Å²) in [5.41, 5.74) is 2.19. The van der Waals surface area contributed by atoms with E-state index in [1.807, 2.05) is 30.3 Å². The van der Waals surface area contributed by atoms with Gasteiger partial charge in [-0.05, 0) is 49.8 Å². The summed E-state index contributed by atoms with van der Waals surface area (Å²) in [5, 5.41) is 3.75. The third kappa shape index (κ3) is 5.48. The van der Waals surface area contributed by atoms with Gasteiger partial charge in [-0.25, -0.2) is 14.2 Å². The largest absolute Gasteiger partial charge is 0.449 e. The van der Waals surface area contributed by atoms with Crippen molar-refractivity contribution in [3.63, 3.8) is 0 Å². The van der Waals surface area contributed by atoms with Crippen LogP contribution in [0, 0.1) is 5.82 Å². The highest BCUT2D eigenvalue weighted by Gasteiger charge is 2.19. The minimum absolute atomic E-state index is 0.345. The number of para-hydroxylation sites is 1. The molecule has 0 fully saturated rings. The molecule has 1 aromatic heterocycles. The van der Waals surface area contributed by atoms with Crippen LogP contribution < -0.4 is 5.32 Å². The van der Waals surface area contributed by atoms with E-state index in [0.29, 0.717) is 5.69 Å². The Bertz CT molecular complexity index is 1050. The minimum atomic E-state index is -0.973. The fourth-order valence-corrected chi connectivity index (χ4v) is 2.76. The SMILES string of the molecule is CC(OC(=O)/C=C/c1ccc2ccccc2n1)C(=O)NC(C)c1ccc(F)cc1. The van der Waals surface area contributed by atoms with Crippen molar-refractivity contribution in [1.29, 1.82) is 0 Å². The van der Waals surface area contributed by atoms with Crippen LogP contribution in [0.4, 0.5) is 4.39 Å². The molecular formula is C23H21FN2O3. The van der Waals surface area contributed by atoms with Crippen LogP contribution >= 0.6 is 0 Å². The first-order valence-electron chi connectivity index (χ1n) is 9.23. The summed E-state index contributed by atoms with van der Waals surface area (Å²) in [4.78, 5) is 28.7. The van der Waals surface area contributed by atoms with Crippen LogP contribution in [0.25, 0.3) is 17.0 Å². The molecule has 0 saturated carbocycles. The Morgan fingerprint density at radius 3 is 2.52 bits per heavy atom. The summed E-state index contributed by atoms with van der Waals surface area (Å²) in [6, 6.07) is 16.9. The first-order valence-corrected chi connectivity index (χ1v) is 9.23. The second-order valence-electron chi connectivity index (χ2n) is 6.62. The second-order valence-corrected chi connectivity index (χ2v) is 6.62. The molecule has 0 aliphatic heterocycles. The fraction of sp³-hybridized carbons (Fsp3) is 0.174. The first-order chi connectivity index (χ1) is 13.9. The normalized spacial score (nSPS) is 13.2. The summed E-state index contributed by atoms with van der Waals surface area (Å²) in [5.74, 6) is -1.42. The molecule has 6 heteroatoms. The van der Waals surface area contributed by atoms with Crippen LogP contribution in [-0.2, 0) is 14.3 Å². The third-order valence-electron chi connectivity index (χ3n) is 4.40. The molecule has 2 aromatic carbocycles.